The molecular weight excluding hydrogens is 276 g/mol. The maximum absolute atomic E-state index is 11.0. The van der Waals surface area contributed by atoms with E-state index in [0.29, 0.717) is 10.2 Å². The van der Waals surface area contributed by atoms with Crippen LogP contribution in [-0.2, 0) is 0 Å². The van der Waals surface area contributed by atoms with Gasteiger partial charge in [0.05, 0.1) is 7.11 Å². The molecule has 86 valence electrons. The molecule has 0 saturated heterocycles. The third-order valence-electron chi connectivity index (χ3n) is 1.82. The van der Waals surface area contributed by atoms with Crippen molar-refractivity contribution in [3.63, 3.8) is 0 Å². The second-order valence-corrected chi connectivity index (χ2v) is 3.81. The van der Waals surface area contributed by atoms with Crippen LogP contribution in [-0.4, -0.2) is 24.8 Å². The lowest BCUT2D eigenvalue weighted by atomic mass is 10.2. The Morgan fingerprint density at radius 1 is 1.62 bits per heavy atom. The Kier molecular flexibility index (Phi) is 4.37. The van der Waals surface area contributed by atoms with E-state index in [9.17, 15) is 4.79 Å². The minimum Gasteiger partial charge on any atom is -0.493 e. The number of carboxylic acid groups (broad SMARTS) is 1. The van der Waals surface area contributed by atoms with Crippen LogP contribution in [0.15, 0.2) is 29.3 Å². The van der Waals surface area contributed by atoms with Gasteiger partial charge in [0, 0.05) is 4.47 Å². The first-order valence-corrected chi connectivity index (χ1v) is 5.24. The molecule has 0 heterocycles. The Hall–Kier alpha value is -1.49. The maximum Gasteiger partial charge on any atom is 0.339 e. The summed E-state index contributed by atoms with van der Waals surface area (Å²) in [5, 5.41) is 9.03. The van der Waals surface area contributed by atoms with Crippen LogP contribution in [0.4, 0.5) is 0 Å². The van der Waals surface area contributed by atoms with Crippen molar-refractivity contribution in [2.45, 2.75) is 0 Å². The molecular formula is C11H11BrO4. The highest BCUT2D eigenvalue weighted by Gasteiger charge is 2.17. The van der Waals surface area contributed by atoms with Gasteiger partial charge < -0.3 is 14.6 Å². The highest BCUT2D eigenvalue weighted by molar-refractivity contribution is 9.10. The number of carbonyl (C=O) groups is 1. The van der Waals surface area contributed by atoms with Crippen LogP contribution >= 0.6 is 15.9 Å². The smallest absolute Gasteiger partial charge is 0.339 e. The number of benzene rings is 1. The zero-order valence-electron chi connectivity index (χ0n) is 8.70. The summed E-state index contributed by atoms with van der Waals surface area (Å²) in [6.07, 6.45) is 1.53. The van der Waals surface area contributed by atoms with E-state index in [2.05, 4.69) is 22.5 Å². The first kappa shape index (κ1) is 12.6. The second-order valence-electron chi connectivity index (χ2n) is 2.89. The fourth-order valence-corrected chi connectivity index (χ4v) is 1.61. The normalized spacial score (nSPS) is 9.62. The quantitative estimate of drug-likeness (QED) is 0.846. The highest BCUT2D eigenvalue weighted by atomic mass is 79.9. The van der Waals surface area contributed by atoms with Crippen molar-refractivity contribution in [2.75, 3.05) is 13.7 Å². The zero-order valence-corrected chi connectivity index (χ0v) is 10.3. The third kappa shape index (κ3) is 2.76. The Bertz CT molecular complexity index is 415. The number of carboxylic acids is 1. The van der Waals surface area contributed by atoms with Crippen molar-refractivity contribution in [2.24, 2.45) is 0 Å². The summed E-state index contributed by atoms with van der Waals surface area (Å²) in [7, 11) is 1.45. The lowest BCUT2D eigenvalue weighted by Crippen LogP contribution is -2.05. The standard InChI is InChI=1S/C11H11BrO4/c1-3-4-16-10-8(11(13)14)5-7(12)6-9(10)15-2/h3,5-6H,1,4H2,2H3,(H,13,14). The number of ether oxygens (including phenoxy) is 2. The van der Waals surface area contributed by atoms with Crippen molar-refractivity contribution in [3.8, 4) is 11.5 Å². The van der Waals surface area contributed by atoms with Gasteiger partial charge >= 0.3 is 5.97 Å². The van der Waals surface area contributed by atoms with E-state index in [1.54, 1.807) is 6.07 Å². The summed E-state index contributed by atoms with van der Waals surface area (Å²) >= 11 is 3.21. The molecule has 0 saturated carbocycles. The lowest BCUT2D eigenvalue weighted by molar-refractivity contribution is 0.0692. The molecule has 0 unspecified atom stereocenters. The van der Waals surface area contributed by atoms with E-state index in [4.69, 9.17) is 14.6 Å². The van der Waals surface area contributed by atoms with Crippen LogP contribution in [0.1, 0.15) is 10.4 Å². The molecule has 1 aromatic carbocycles. The minimum absolute atomic E-state index is 0.0491. The van der Waals surface area contributed by atoms with Crippen molar-refractivity contribution in [1.29, 1.82) is 0 Å². The average molecular weight is 287 g/mol. The van der Waals surface area contributed by atoms with E-state index < -0.39 is 5.97 Å². The van der Waals surface area contributed by atoms with Crippen molar-refractivity contribution in [3.05, 3.63) is 34.8 Å². The van der Waals surface area contributed by atoms with Crippen LogP contribution in [0.5, 0.6) is 11.5 Å². The van der Waals surface area contributed by atoms with Crippen LogP contribution in [0.25, 0.3) is 0 Å². The molecule has 0 bridgehead atoms. The molecule has 16 heavy (non-hydrogen) atoms. The molecule has 0 aliphatic carbocycles. The summed E-state index contributed by atoms with van der Waals surface area (Å²) < 4.78 is 11.0. The monoisotopic (exact) mass is 286 g/mol. The van der Waals surface area contributed by atoms with Gasteiger partial charge in [-0.3, -0.25) is 0 Å². The number of aromatic carboxylic acids is 1. The molecule has 1 N–H and O–H groups in total. The first-order valence-electron chi connectivity index (χ1n) is 4.44. The predicted octanol–water partition coefficient (Wildman–Crippen LogP) is 2.72. The molecule has 0 fully saturated rings. The Morgan fingerprint density at radius 3 is 2.81 bits per heavy atom. The third-order valence-corrected chi connectivity index (χ3v) is 2.27. The van der Waals surface area contributed by atoms with Gasteiger partial charge in [-0.15, -0.1) is 0 Å². The van der Waals surface area contributed by atoms with Gasteiger partial charge in [0.1, 0.15) is 12.2 Å². The van der Waals surface area contributed by atoms with E-state index in [-0.39, 0.29) is 17.9 Å². The number of rotatable bonds is 5. The van der Waals surface area contributed by atoms with Gasteiger partial charge in [-0.1, -0.05) is 28.6 Å². The second kappa shape index (κ2) is 5.55. The van der Waals surface area contributed by atoms with Crippen LogP contribution in [0.3, 0.4) is 0 Å². The molecule has 1 aromatic rings. The molecule has 0 amide bonds. The van der Waals surface area contributed by atoms with Crippen molar-refractivity contribution in [1.82, 2.24) is 0 Å². The lowest BCUT2D eigenvalue weighted by Gasteiger charge is -2.12. The molecule has 0 spiro atoms. The average Bonchev–Trinajstić information content (AvgIpc) is 2.26. The molecule has 0 aliphatic rings. The number of halogens is 1. The van der Waals surface area contributed by atoms with Crippen LogP contribution in [0, 0.1) is 0 Å². The first-order chi connectivity index (χ1) is 7.60. The van der Waals surface area contributed by atoms with Gasteiger partial charge in [-0.2, -0.15) is 0 Å². The van der Waals surface area contributed by atoms with Crippen molar-refractivity contribution >= 4 is 21.9 Å². The fraction of sp³-hybridized carbons (Fsp3) is 0.182. The highest BCUT2D eigenvalue weighted by Crippen LogP contribution is 2.34. The van der Waals surface area contributed by atoms with Crippen molar-refractivity contribution < 1.29 is 19.4 Å². The number of hydrogen-bond donors (Lipinski definition) is 1. The Morgan fingerprint density at radius 2 is 2.31 bits per heavy atom. The van der Waals surface area contributed by atoms with Gasteiger partial charge in [-0.25, -0.2) is 4.79 Å². The van der Waals surface area contributed by atoms with Gasteiger partial charge in [-0.05, 0) is 12.1 Å². The zero-order chi connectivity index (χ0) is 12.1. The van der Waals surface area contributed by atoms with E-state index in [1.165, 1.54) is 19.3 Å². The SMILES string of the molecule is C=CCOc1c(OC)cc(Br)cc1C(=O)O. The summed E-state index contributed by atoms with van der Waals surface area (Å²) in [6.45, 7) is 3.72. The van der Waals surface area contributed by atoms with Crippen LogP contribution in [0.2, 0.25) is 0 Å². The van der Waals surface area contributed by atoms with E-state index in [0.717, 1.165) is 0 Å². The van der Waals surface area contributed by atoms with Gasteiger partial charge in [0.25, 0.3) is 0 Å². The Balaban J connectivity index is 3.26. The van der Waals surface area contributed by atoms with Gasteiger partial charge in [0.15, 0.2) is 11.5 Å². The van der Waals surface area contributed by atoms with Crippen LogP contribution < -0.4 is 9.47 Å². The largest absolute Gasteiger partial charge is 0.493 e. The minimum atomic E-state index is -1.07. The van der Waals surface area contributed by atoms with E-state index >= 15 is 0 Å². The summed E-state index contributed by atoms with van der Waals surface area (Å²) in [6, 6.07) is 3.11. The predicted molar refractivity (Wildman–Crippen MR) is 63.3 cm³/mol. The fourth-order valence-electron chi connectivity index (χ4n) is 1.17. The summed E-state index contributed by atoms with van der Waals surface area (Å²) in [4.78, 5) is 11.0. The topological polar surface area (TPSA) is 55.8 Å². The molecule has 4 nitrogen and oxygen atoms in total. The molecule has 0 aliphatic heterocycles. The molecule has 0 atom stereocenters. The summed E-state index contributed by atoms with van der Waals surface area (Å²) in [5.74, 6) is -0.495. The molecule has 0 aromatic heterocycles. The molecule has 1 rings (SSSR count). The maximum atomic E-state index is 11.0. The van der Waals surface area contributed by atoms with E-state index in [1.807, 2.05) is 0 Å². The van der Waals surface area contributed by atoms with Gasteiger partial charge in [0.2, 0.25) is 0 Å². The number of hydrogen-bond acceptors (Lipinski definition) is 3. The molecule has 5 heteroatoms. The number of methoxy groups -OCH3 is 1. The Labute approximate surface area is 102 Å². The molecule has 0 radical (unpaired) electrons. The summed E-state index contributed by atoms with van der Waals surface area (Å²) in [5.41, 5.74) is 0.0491.